The van der Waals surface area contributed by atoms with Gasteiger partial charge in [0.25, 0.3) is 15.9 Å². The highest BCUT2D eigenvalue weighted by Gasteiger charge is 2.33. The van der Waals surface area contributed by atoms with E-state index in [9.17, 15) is 26.4 Å². The molecule has 0 N–H and O–H groups in total. The number of amides is 1. The first kappa shape index (κ1) is 20.3. The average molecular weight is 483 g/mol. The molecule has 1 aromatic heterocycles. The number of hydrogen-bond acceptors (Lipinski definition) is 4. The van der Waals surface area contributed by atoms with Gasteiger partial charge in [-0.15, -0.1) is 11.3 Å². The summed E-state index contributed by atoms with van der Waals surface area (Å²) in [7, 11) is -3.65. The van der Waals surface area contributed by atoms with Crippen LogP contribution in [0.4, 0.5) is 13.2 Å². The lowest BCUT2D eigenvalue weighted by Crippen LogP contribution is -2.50. The average Bonchev–Trinajstić information content (AvgIpc) is 3.08. The minimum atomic E-state index is -4.53. The van der Waals surface area contributed by atoms with E-state index in [0.29, 0.717) is 3.79 Å². The number of hydrogen-bond donors (Lipinski definition) is 0. The number of piperazine rings is 1. The van der Waals surface area contributed by atoms with Crippen LogP contribution in [0.15, 0.2) is 44.4 Å². The van der Waals surface area contributed by atoms with E-state index in [1.807, 2.05) is 0 Å². The number of thiophene rings is 1. The van der Waals surface area contributed by atoms with E-state index in [0.717, 1.165) is 23.5 Å². The van der Waals surface area contributed by atoms with Crippen LogP contribution in [0.2, 0.25) is 0 Å². The molecule has 1 aromatic carbocycles. The quantitative estimate of drug-likeness (QED) is 0.670. The second-order valence-electron chi connectivity index (χ2n) is 5.83. The number of carbonyl (C=O) groups excluding carboxylic acids is 1. The van der Waals surface area contributed by atoms with Crippen molar-refractivity contribution in [2.24, 2.45) is 0 Å². The molecule has 146 valence electrons. The molecule has 1 amide bonds. The van der Waals surface area contributed by atoms with Crippen molar-refractivity contribution in [3.63, 3.8) is 0 Å². The molecule has 1 saturated heterocycles. The van der Waals surface area contributed by atoms with Crippen LogP contribution >= 0.6 is 27.3 Å². The zero-order valence-corrected chi connectivity index (χ0v) is 17.0. The molecule has 0 saturated carbocycles. The molecule has 11 heteroatoms. The van der Waals surface area contributed by atoms with E-state index in [1.54, 1.807) is 6.07 Å². The first-order valence-corrected chi connectivity index (χ1v) is 10.9. The minimum Gasteiger partial charge on any atom is -0.336 e. The molecule has 5 nitrogen and oxygen atoms in total. The lowest BCUT2D eigenvalue weighted by molar-refractivity contribution is -0.137. The van der Waals surface area contributed by atoms with Crippen LogP contribution in [0, 0.1) is 0 Å². The molecule has 27 heavy (non-hydrogen) atoms. The van der Waals surface area contributed by atoms with Crippen molar-refractivity contribution >= 4 is 43.2 Å². The number of sulfonamides is 1. The van der Waals surface area contributed by atoms with Crippen LogP contribution in [0.5, 0.6) is 0 Å². The SMILES string of the molecule is O=C(c1cccc(C(F)(F)F)c1)N1CCN(S(=O)(=O)c2ccc(Br)s2)CC1. The molecule has 1 fully saturated rings. The summed E-state index contributed by atoms with van der Waals surface area (Å²) in [6.45, 7) is 0.396. The molecule has 2 aromatic rings. The van der Waals surface area contributed by atoms with Crippen LogP contribution < -0.4 is 0 Å². The molecule has 1 aliphatic rings. The maximum atomic E-state index is 12.8. The molecule has 3 rings (SSSR count). The van der Waals surface area contributed by atoms with E-state index >= 15 is 0 Å². The first-order valence-electron chi connectivity index (χ1n) is 7.81. The lowest BCUT2D eigenvalue weighted by Gasteiger charge is -2.33. The Morgan fingerprint density at radius 2 is 1.74 bits per heavy atom. The maximum Gasteiger partial charge on any atom is 0.416 e. The van der Waals surface area contributed by atoms with Crippen molar-refractivity contribution in [1.29, 1.82) is 0 Å². The standard InChI is InChI=1S/C16H14BrF3N2O3S2/c17-13-4-5-14(26-13)27(24,25)22-8-6-21(7-9-22)15(23)11-2-1-3-12(10-11)16(18,19)20/h1-5,10H,6-9H2. The third kappa shape index (κ3) is 4.36. The fraction of sp³-hybridized carbons (Fsp3) is 0.312. The van der Waals surface area contributed by atoms with E-state index in [-0.39, 0.29) is 36.0 Å². The minimum absolute atomic E-state index is 0.0664. The number of alkyl halides is 3. The van der Waals surface area contributed by atoms with E-state index < -0.39 is 27.7 Å². The first-order chi connectivity index (χ1) is 12.6. The van der Waals surface area contributed by atoms with E-state index in [2.05, 4.69) is 15.9 Å². The van der Waals surface area contributed by atoms with Gasteiger partial charge in [-0.05, 0) is 46.3 Å². The highest BCUT2D eigenvalue weighted by atomic mass is 79.9. The van der Waals surface area contributed by atoms with Gasteiger partial charge in [0.15, 0.2) is 0 Å². The van der Waals surface area contributed by atoms with Crippen molar-refractivity contribution in [3.05, 3.63) is 51.3 Å². The predicted molar refractivity (Wildman–Crippen MR) is 98.1 cm³/mol. The van der Waals surface area contributed by atoms with Crippen molar-refractivity contribution in [1.82, 2.24) is 9.21 Å². The van der Waals surface area contributed by atoms with Gasteiger partial charge in [-0.2, -0.15) is 17.5 Å². The number of nitrogens with zero attached hydrogens (tertiary/aromatic N) is 2. The zero-order chi connectivity index (χ0) is 19.8. The Morgan fingerprint density at radius 1 is 1.07 bits per heavy atom. The van der Waals surface area contributed by atoms with Crippen LogP contribution in [0.25, 0.3) is 0 Å². The Morgan fingerprint density at radius 3 is 2.30 bits per heavy atom. The Bertz CT molecular complexity index is 952. The monoisotopic (exact) mass is 482 g/mol. The van der Waals surface area contributed by atoms with E-state index in [1.165, 1.54) is 27.4 Å². The van der Waals surface area contributed by atoms with Crippen molar-refractivity contribution < 1.29 is 26.4 Å². The van der Waals surface area contributed by atoms with Gasteiger partial charge in [0, 0.05) is 31.7 Å². The molecule has 0 radical (unpaired) electrons. The summed E-state index contributed by atoms with van der Waals surface area (Å²) in [5, 5.41) is 0. The van der Waals surface area contributed by atoms with Gasteiger partial charge in [0.1, 0.15) is 4.21 Å². The molecule has 0 atom stereocenters. The maximum absolute atomic E-state index is 12.8. The van der Waals surface area contributed by atoms with Crippen LogP contribution in [0.3, 0.4) is 0 Å². The summed E-state index contributed by atoms with van der Waals surface area (Å²) in [6, 6.07) is 7.37. The molecule has 0 aliphatic carbocycles. The van der Waals surface area contributed by atoms with Crippen molar-refractivity contribution in [2.45, 2.75) is 10.4 Å². The van der Waals surface area contributed by atoms with Crippen molar-refractivity contribution in [3.8, 4) is 0 Å². The third-order valence-corrected chi connectivity index (χ3v) is 8.10. The Balaban J connectivity index is 1.70. The number of benzene rings is 1. The summed E-state index contributed by atoms with van der Waals surface area (Å²) in [5.41, 5.74) is -0.957. The second-order valence-corrected chi connectivity index (χ2v) is 10.5. The fourth-order valence-electron chi connectivity index (χ4n) is 2.71. The molecule has 1 aliphatic heterocycles. The van der Waals surface area contributed by atoms with Crippen LogP contribution in [0.1, 0.15) is 15.9 Å². The summed E-state index contributed by atoms with van der Waals surface area (Å²) in [6.07, 6.45) is -4.53. The molecule has 0 bridgehead atoms. The smallest absolute Gasteiger partial charge is 0.336 e. The van der Waals surface area contributed by atoms with Gasteiger partial charge in [0.05, 0.1) is 9.35 Å². The highest BCUT2D eigenvalue weighted by molar-refractivity contribution is 9.11. The van der Waals surface area contributed by atoms with Gasteiger partial charge < -0.3 is 4.90 Å². The van der Waals surface area contributed by atoms with E-state index in [4.69, 9.17) is 0 Å². The Hall–Kier alpha value is -1.43. The van der Waals surface area contributed by atoms with Crippen LogP contribution in [-0.4, -0.2) is 49.7 Å². The normalized spacial score (nSPS) is 16.5. The molecular formula is C16H14BrF3N2O3S2. The van der Waals surface area contributed by atoms with Crippen LogP contribution in [-0.2, 0) is 16.2 Å². The van der Waals surface area contributed by atoms with Gasteiger partial charge in [-0.3, -0.25) is 4.79 Å². The predicted octanol–water partition coefficient (Wildman–Crippen LogP) is 3.68. The fourth-order valence-corrected chi connectivity index (χ4v) is 6.29. The van der Waals surface area contributed by atoms with Gasteiger partial charge >= 0.3 is 6.18 Å². The second kappa shape index (κ2) is 7.53. The summed E-state index contributed by atoms with van der Waals surface area (Å²) in [5.74, 6) is -0.544. The summed E-state index contributed by atoms with van der Waals surface area (Å²) < 4.78 is 65.8. The van der Waals surface area contributed by atoms with Gasteiger partial charge in [-0.25, -0.2) is 8.42 Å². The summed E-state index contributed by atoms with van der Waals surface area (Å²) >= 11 is 4.32. The molecule has 2 heterocycles. The summed E-state index contributed by atoms with van der Waals surface area (Å²) in [4.78, 5) is 13.9. The number of halogens is 4. The van der Waals surface area contributed by atoms with Gasteiger partial charge in [-0.1, -0.05) is 6.07 Å². The molecule has 0 unspecified atom stereocenters. The van der Waals surface area contributed by atoms with Gasteiger partial charge in [0.2, 0.25) is 0 Å². The lowest BCUT2D eigenvalue weighted by atomic mass is 10.1. The highest BCUT2D eigenvalue weighted by Crippen LogP contribution is 2.31. The molecule has 0 spiro atoms. The zero-order valence-electron chi connectivity index (χ0n) is 13.7. The topological polar surface area (TPSA) is 57.7 Å². The van der Waals surface area contributed by atoms with Crippen molar-refractivity contribution in [2.75, 3.05) is 26.2 Å². The number of carbonyl (C=O) groups is 1. The third-order valence-electron chi connectivity index (χ3n) is 4.11. The Kier molecular flexibility index (Phi) is 5.67. The number of rotatable bonds is 3. The molecular weight excluding hydrogens is 469 g/mol. The Labute approximate surface area is 166 Å². The largest absolute Gasteiger partial charge is 0.416 e.